The Labute approximate surface area is 183 Å². The Morgan fingerprint density at radius 3 is 2.45 bits per heavy atom. The molecular weight excluding hydrogens is 402 g/mol. The average Bonchev–Trinajstić information content (AvgIpc) is 2.97. The van der Waals surface area contributed by atoms with E-state index in [1.807, 2.05) is 30.3 Å². The number of ether oxygens (including phenoxy) is 4. The van der Waals surface area contributed by atoms with Crippen molar-refractivity contribution in [2.24, 2.45) is 5.92 Å². The predicted octanol–water partition coefficient (Wildman–Crippen LogP) is 3.32. The summed E-state index contributed by atoms with van der Waals surface area (Å²) in [6.07, 6.45) is -1.77. The van der Waals surface area contributed by atoms with Crippen LogP contribution in [0.5, 0.6) is 0 Å². The van der Waals surface area contributed by atoms with Crippen molar-refractivity contribution in [1.82, 2.24) is 4.90 Å². The largest absolute Gasteiger partial charge is 0.464 e. The highest BCUT2D eigenvalue weighted by molar-refractivity contribution is 6.14. The lowest BCUT2D eigenvalue weighted by Gasteiger charge is -2.39. The fraction of sp³-hybridized carbons (Fsp3) is 0.609. The number of likely N-dealkylation sites (tertiary alicyclic amines) is 1. The van der Waals surface area contributed by atoms with Gasteiger partial charge in [-0.15, -0.1) is 0 Å². The molecular formula is C23H33NO7. The first-order valence-corrected chi connectivity index (χ1v) is 10.5. The van der Waals surface area contributed by atoms with E-state index in [-0.39, 0.29) is 19.9 Å². The zero-order valence-corrected chi connectivity index (χ0v) is 19.2. The summed E-state index contributed by atoms with van der Waals surface area (Å²) in [5.41, 5.74) is -1.77. The molecule has 8 heteroatoms. The molecule has 172 valence electrons. The number of ketones is 1. The van der Waals surface area contributed by atoms with Crippen LogP contribution in [-0.4, -0.2) is 59.9 Å². The molecule has 1 fully saturated rings. The zero-order valence-electron chi connectivity index (χ0n) is 19.2. The van der Waals surface area contributed by atoms with Gasteiger partial charge in [-0.2, -0.15) is 0 Å². The molecule has 0 saturated carbocycles. The van der Waals surface area contributed by atoms with Gasteiger partial charge in [0.05, 0.1) is 19.3 Å². The molecule has 1 aliphatic rings. The maximum Gasteiger partial charge on any atom is 0.411 e. The van der Waals surface area contributed by atoms with Gasteiger partial charge in [-0.1, -0.05) is 37.3 Å². The lowest BCUT2D eigenvalue weighted by molar-refractivity contribution is -0.178. The predicted molar refractivity (Wildman–Crippen MR) is 113 cm³/mol. The Kier molecular flexibility index (Phi) is 8.20. The number of amides is 1. The quantitative estimate of drug-likeness (QED) is 0.268. The number of nitrogens with zero attached hydrogens (tertiary/aromatic N) is 1. The van der Waals surface area contributed by atoms with Crippen LogP contribution in [0.3, 0.4) is 0 Å². The van der Waals surface area contributed by atoms with Gasteiger partial charge in [0.25, 0.3) is 0 Å². The first kappa shape index (κ1) is 24.8. The highest BCUT2D eigenvalue weighted by Gasteiger charge is 2.65. The van der Waals surface area contributed by atoms with E-state index < -0.39 is 41.0 Å². The molecule has 8 nitrogen and oxygen atoms in total. The van der Waals surface area contributed by atoms with Crippen LogP contribution in [0.15, 0.2) is 30.3 Å². The molecule has 0 bridgehead atoms. The van der Waals surface area contributed by atoms with Gasteiger partial charge in [-0.05, 0) is 40.2 Å². The molecule has 31 heavy (non-hydrogen) atoms. The van der Waals surface area contributed by atoms with Crippen molar-refractivity contribution in [1.29, 1.82) is 0 Å². The highest BCUT2D eigenvalue weighted by Crippen LogP contribution is 2.37. The molecule has 0 aliphatic carbocycles. The van der Waals surface area contributed by atoms with Gasteiger partial charge in [0.1, 0.15) is 12.4 Å². The van der Waals surface area contributed by atoms with Crippen LogP contribution in [0.2, 0.25) is 0 Å². The van der Waals surface area contributed by atoms with Crippen LogP contribution >= 0.6 is 0 Å². The fourth-order valence-corrected chi connectivity index (χ4v) is 3.59. The second-order valence-corrected chi connectivity index (χ2v) is 8.60. The van der Waals surface area contributed by atoms with E-state index in [0.717, 1.165) is 10.5 Å². The van der Waals surface area contributed by atoms with Crippen LogP contribution in [0.25, 0.3) is 0 Å². The van der Waals surface area contributed by atoms with Crippen LogP contribution < -0.4 is 0 Å². The molecule has 1 aromatic carbocycles. The number of hydrogen-bond donors (Lipinski definition) is 0. The first-order chi connectivity index (χ1) is 14.5. The van der Waals surface area contributed by atoms with Gasteiger partial charge in [0.15, 0.2) is 5.78 Å². The van der Waals surface area contributed by atoms with Crippen molar-refractivity contribution in [3.63, 3.8) is 0 Å². The number of hydrogen-bond acceptors (Lipinski definition) is 7. The summed E-state index contributed by atoms with van der Waals surface area (Å²) >= 11 is 0. The zero-order chi connectivity index (χ0) is 23.2. The highest BCUT2D eigenvalue weighted by atomic mass is 16.7. The summed E-state index contributed by atoms with van der Waals surface area (Å²) in [7, 11) is 0. The number of rotatable bonds is 8. The van der Waals surface area contributed by atoms with E-state index in [2.05, 4.69) is 0 Å². The van der Waals surface area contributed by atoms with Gasteiger partial charge in [0, 0.05) is 12.5 Å². The number of carbonyl (C=O) groups is 3. The van der Waals surface area contributed by atoms with Crippen molar-refractivity contribution in [3.8, 4) is 0 Å². The van der Waals surface area contributed by atoms with Crippen molar-refractivity contribution in [3.05, 3.63) is 35.9 Å². The smallest absolute Gasteiger partial charge is 0.411 e. The topological polar surface area (TPSA) is 91.4 Å². The third kappa shape index (κ3) is 5.62. The molecule has 1 amide bonds. The molecule has 0 radical (unpaired) electrons. The number of benzene rings is 1. The van der Waals surface area contributed by atoms with Gasteiger partial charge >= 0.3 is 12.1 Å². The van der Waals surface area contributed by atoms with Gasteiger partial charge < -0.3 is 18.9 Å². The monoisotopic (exact) mass is 435 g/mol. The van der Waals surface area contributed by atoms with E-state index in [0.29, 0.717) is 6.61 Å². The summed E-state index contributed by atoms with van der Waals surface area (Å²) in [6.45, 7) is 10.3. The summed E-state index contributed by atoms with van der Waals surface area (Å²) < 4.78 is 22.0. The second kappa shape index (κ2) is 10.2. The molecule has 2 rings (SSSR count). The Morgan fingerprint density at radius 1 is 1.23 bits per heavy atom. The Morgan fingerprint density at radius 2 is 1.87 bits per heavy atom. The molecule has 1 saturated heterocycles. The number of esters is 1. The summed E-state index contributed by atoms with van der Waals surface area (Å²) in [4.78, 5) is 40.4. The van der Waals surface area contributed by atoms with Gasteiger partial charge in [0.2, 0.25) is 5.54 Å². The van der Waals surface area contributed by atoms with Crippen molar-refractivity contribution < 1.29 is 33.3 Å². The fourth-order valence-electron chi connectivity index (χ4n) is 3.59. The Bertz CT molecular complexity index is 774. The Balaban J connectivity index is 2.24. The van der Waals surface area contributed by atoms with E-state index in [4.69, 9.17) is 18.9 Å². The molecule has 0 spiro atoms. The minimum absolute atomic E-state index is 0.0329. The first-order valence-electron chi connectivity index (χ1n) is 10.5. The summed E-state index contributed by atoms with van der Waals surface area (Å²) in [5, 5.41) is 0. The van der Waals surface area contributed by atoms with E-state index in [1.54, 1.807) is 41.5 Å². The van der Waals surface area contributed by atoms with E-state index >= 15 is 0 Å². The molecule has 0 N–H and O–H groups in total. The number of Topliss-reactive ketones (excluding diaryl/α,β-unsaturated/α-hetero) is 1. The summed E-state index contributed by atoms with van der Waals surface area (Å²) in [6, 6.07) is 9.53. The minimum atomic E-state index is -1.94. The SMILES string of the molecule is CCOC(=O)[C@]1([C@@H](C)OCOCc2ccccc2)C(=O)[C@@H](C)CN1C(=O)OC(C)(C)C. The molecule has 1 aliphatic heterocycles. The third-order valence-electron chi connectivity index (χ3n) is 5.01. The van der Waals surface area contributed by atoms with Gasteiger partial charge in [-0.3, -0.25) is 9.69 Å². The minimum Gasteiger partial charge on any atom is -0.464 e. The second-order valence-electron chi connectivity index (χ2n) is 8.60. The van der Waals surface area contributed by atoms with Crippen LogP contribution in [-0.2, 0) is 35.1 Å². The molecule has 1 aromatic rings. The maximum atomic E-state index is 13.2. The van der Waals surface area contributed by atoms with Crippen molar-refractivity contribution in [2.45, 2.75) is 65.4 Å². The average molecular weight is 436 g/mol. The standard InChI is InChI=1S/C23H33NO7/c1-7-29-20(26)23(17(3)30-15-28-14-18-11-9-8-10-12-18)19(25)16(2)13-24(23)21(27)31-22(4,5)6/h8-12,16-17H,7,13-15H2,1-6H3/t16-,17+,23-/m0/s1. The van der Waals surface area contributed by atoms with Crippen molar-refractivity contribution >= 4 is 17.8 Å². The number of carbonyl (C=O) groups excluding carboxylic acids is 3. The Hall–Kier alpha value is -2.45. The molecule has 0 unspecified atom stereocenters. The normalized spacial score (nSPS) is 22.3. The van der Waals surface area contributed by atoms with E-state index in [9.17, 15) is 14.4 Å². The third-order valence-corrected chi connectivity index (χ3v) is 5.01. The maximum absolute atomic E-state index is 13.2. The van der Waals surface area contributed by atoms with Crippen molar-refractivity contribution in [2.75, 3.05) is 19.9 Å². The lowest BCUT2D eigenvalue weighted by Crippen LogP contribution is -2.65. The summed E-state index contributed by atoms with van der Waals surface area (Å²) in [5.74, 6) is -1.84. The molecule has 1 heterocycles. The van der Waals surface area contributed by atoms with E-state index in [1.165, 1.54) is 0 Å². The van der Waals surface area contributed by atoms with Crippen LogP contribution in [0.4, 0.5) is 4.79 Å². The molecule has 0 aromatic heterocycles. The van der Waals surface area contributed by atoms with Crippen LogP contribution in [0, 0.1) is 5.92 Å². The lowest BCUT2D eigenvalue weighted by atomic mass is 9.86. The van der Waals surface area contributed by atoms with Crippen LogP contribution in [0.1, 0.15) is 47.1 Å². The van der Waals surface area contributed by atoms with Gasteiger partial charge in [-0.25, -0.2) is 9.59 Å². The molecule has 3 atom stereocenters.